The van der Waals surface area contributed by atoms with Crippen LogP contribution in [-0.2, 0) is 14.3 Å². The topological polar surface area (TPSA) is 75.7 Å². The molecule has 1 aromatic rings. The Balaban J connectivity index is 2.70. The highest BCUT2D eigenvalue weighted by molar-refractivity contribution is 6.34. The average molecular weight is 341 g/mol. The molecule has 0 atom stereocenters. The minimum absolute atomic E-state index is 0.263. The van der Waals surface area contributed by atoms with E-state index in [1.54, 1.807) is 7.05 Å². The molecule has 0 aliphatic carbocycles. The maximum absolute atomic E-state index is 12.0. The number of ether oxygens (including phenoxy) is 1. The van der Waals surface area contributed by atoms with Crippen molar-refractivity contribution in [2.75, 3.05) is 26.0 Å². The zero-order valence-electron chi connectivity index (χ0n) is 13.5. The molecule has 0 aliphatic heterocycles. The molecule has 0 bridgehead atoms. The summed E-state index contributed by atoms with van der Waals surface area (Å²) in [5, 5.41) is 2.82. The second kappa shape index (κ2) is 9.15. The molecule has 0 fully saturated rings. The molecule has 2 amide bonds. The molecule has 0 saturated heterocycles. The largest absolute Gasteiger partial charge is 0.465 e. The molecular formula is C16H21ClN2O4. The number of hydrogen-bond donors (Lipinski definition) is 1. The van der Waals surface area contributed by atoms with Gasteiger partial charge >= 0.3 is 5.97 Å². The van der Waals surface area contributed by atoms with Crippen LogP contribution in [0.3, 0.4) is 0 Å². The standard InChI is InChI=1S/C16H21ClN2O4/c1-4-5-8-19(2)15(21)10-14(20)18-13-9-11(16(22)23-3)6-7-12(13)17/h6-7,9H,4-5,8,10H2,1-3H3,(H,18,20). The number of hydrogen-bond acceptors (Lipinski definition) is 4. The summed E-state index contributed by atoms with van der Waals surface area (Å²) in [6, 6.07) is 4.39. The Bertz CT molecular complexity index is 589. The average Bonchev–Trinajstić information content (AvgIpc) is 2.53. The van der Waals surface area contributed by atoms with Gasteiger partial charge in [0.2, 0.25) is 11.8 Å². The number of amides is 2. The van der Waals surface area contributed by atoms with Crippen LogP contribution in [0.25, 0.3) is 0 Å². The molecule has 1 aromatic carbocycles. The van der Waals surface area contributed by atoms with Gasteiger partial charge in [0.25, 0.3) is 0 Å². The van der Waals surface area contributed by atoms with E-state index in [0.29, 0.717) is 6.54 Å². The number of anilines is 1. The fraction of sp³-hybridized carbons (Fsp3) is 0.438. The summed E-state index contributed by atoms with van der Waals surface area (Å²) in [6.45, 7) is 2.64. The van der Waals surface area contributed by atoms with Crippen molar-refractivity contribution in [1.29, 1.82) is 0 Å². The van der Waals surface area contributed by atoms with E-state index in [1.807, 2.05) is 6.92 Å². The van der Waals surface area contributed by atoms with Gasteiger partial charge in [0, 0.05) is 13.6 Å². The first kappa shape index (κ1) is 19.0. The van der Waals surface area contributed by atoms with Crippen LogP contribution >= 0.6 is 11.6 Å². The summed E-state index contributed by atoms with van der Waals surface area (Å²) >= 11 is 5.99. The quantitative estimate of drug-likeness (QED) is 0.611. The smallest absolute Gasteiger partial charge is 0.337 e. The van der Waals surface area contributed by atoms with Crippen LogP contribution in [0.1, 0.15) is 36.5 Å². The third-order valence-corrected chi connectivity index (χ3v) is 3.58. The highest BCUT2D eigenvalue weighted by Gasteiger charge is 2.16. The Morgan fingerprint density at radius 2 is 2.00 bits per heavy atom. The lowest BCUT2D eigenvalue weighted by Gasteiger charge is -2.16. The zero-order chi connectivity index (χ0) is 17.4. The van der Waals surface area contributed by atoms with E-state index >= 15 is 0 Å². The number of rotatable bonds is 7. The Morgan fingerprint density at radius 3 is 2.61 bits per heavy atom. The Kier molecular flexibility index (Phi) is 7.54. The molecule has 0 aromatic heterocycles. The van der Waals surface area contributed by atoms with E-state index in [1.165, 1.54) is 30.2 Å². The number of esters is 1. The first-order valence-corrected chi connectivity index (χ1v) is 7.68. The molecule has 1 N–H and O–H groups in total. The van der Waals surface area contributed by atoms with Crippen molar-refractivity contribution >= 4 is 35.1 Å². The van der Waals surface area contributed by atoms with Gasteiger partial charge in [0.1, 0.15) is 6.42 Å². The molecular weight excluding hydrogens is 320 g/mol. The fourth-order valence-corrected chi connectivity index (χ4v) is 2.02. The molecule has 6 nitrogen and oxygen atoms in total. The number of carbonyl (C=O) groups is 3. The van der Waals surface area contributed by atoms with Crippen LogP contribution in [0, 0.1) is 0 Å². The lowest BCUT2D eigenvalue weighted by molar-refractivity contribution is -0.133. The lowest BCUT2D eigenvalue weighted by atomic mass is 10.2. The van der Waals surface area contributed by atoms with Gasteiger partial charge in [-0.3, -0.25) is 9.59 Å². The maximum Gasteiger partial charge on any atom is 0.337 e. The predicted octanol–water partition coefficient (Wildman–Crippen LogP) is 2.71. The van der Waals surface area contributed by atoms with Gasteiger partial charge in [-0.25, -0.2) is 4.79 Å². The fourth-order valence-electron chi connectivity index (χ4n) is 1.85. The summed E-state index contributed by atoms with van der Waals surface area (Å²) in [5.74, 6) is -1.29. The van der Waals surface area contributed by atoms with Gasteiger partial charge in [0.05, 0.1) is 23.4 Å². The Labute approximate surface area is 140 Å². The molecule has 0 spiro atoms. The van der Waals surface area contributed by atoms with E-state index in [0.717, 1.165) is 12.8 Å². The van der Waals surface area contributed by atoms with Crippen molar-refractivity contribution in [1.82, 2.24) is 4.90 Å². The van der Waals surface area contributed by atoms with Gasteiger partial charge in [-0.1, -0.05) is 24.9 Å². The second-order valence-corrected chi connectivity index (χ2v) is 5.49. The lowest BCUT2D eigenvalue weighted by Crippen LogP contribution is -2.31. The SMILES string of the molecule is CCCCN(C)C(=O)CC(=O)Nc1cc(C(=O)OC)ccc1Cl. The van der Waals surface area contributed by atoms with E-state index in [-0.39, 0.29) is 28.6 Å². The van der Waals surface area contributed by atoms with Crippen LogP contribution in [0.5, 0.6) is 0 Å². The third kappa shape index (κ3) is 5.90. The van der Waals surface area contributed by atoms with Crippen molar-refractivity contribution in [3.05, 3.63) is 28.8 Å². The maximum atomic E-state index is 12.0. The third-order valence-electron chi connectivity index (χ3n) is 3.25. The molecule has 0 radical (unpaired) electrons. The van der Waals surface area contributed by atoms with Crippen LogP contribution < -0.4 is 5.32 Å². The van der Waals surface area contributed by atoms with E-state index in [9.17, 15) is 14.4 Å². The summed E-state index contributed by atoms with van der Waals surface area (Å²) in [4.78, 5) is 36.9. The highest BCUT2D eigenvalue weighted by Crippen LogP contribution is 2.23. The zero-order valence-corrected chi connectivity index (χ0v) is 14.3. The number of halogens is 1. The van der Waals surface area contributed by atoms with Crippen LogP contribution in [-0.4, -0.2) is 43.4 Å². The number of carbonyl (C=O) groups excluding carboxylic acids is 3. The number of methoxy groups -OCH3 is 1. The monoisotopic (exact) mass is 340 g/mol. The number of nitrogens with zero attached hydrogens (tertiary/aromatic N) is 1. The van der Waals surface area contributed by atoms with Crippen molar-refractivity contribution in [2.24, 2.45) is 0 Å². The minimum atomic E-state index is -0.535. The summed E-state index contributed by atoms with van der Waals surface area (Å²) in [7, 11) is 2.93. The molecule has 7 heteroatoms. The van der Waals surface area contributed by atoms with Gasteiger partial charge in [0.15, 0.2) is 0 Å². The number of benzene rings is 1. The van der Waals surface area contributed by atoms with Crippen molar-refractivity contribution in [3.8, 4) is 0 Å². The minimum Gasteiger partial charge on any atom is -0.465 e. The highest BCUT2D eigenvalue weighted by atomic mass is 35.5. The molecule has 0 heterocycles. The summed E-state index contributed by atoms with van der Waals surface area (Å²) in [5.41, 5.74) is 0.530. The van der Waals surface area contributed by atoms with E-state index in [2.05, 4.69) is 10.1 Å². The Hall–Kier alpha value is -2.08. The van der Waals surface area contributed by atoms with Crippen molar-refractivity contribution in [3.63, 3.8) is 0 Å². The molecule has 1 rings (SSSR count). The van der Waals surface area contributed by atoms with Crippen LogP contribution in [0.2, 0.25) is 5.02 Å². The summed E-state index contributed by atoms with van der Waals surface area (Å²) < 4.78 is 4.61. The predicted molar refractivity (Wildman–Crippen MR) is 88.6 cm³/mol. The van der Waals surface area contributed by atoms with Crippen LogP contribution in [0.4, 0.5) is 5.69 Å². The Morgan fingerprint density at radius 1 is 1.30 bits per heavy atom. The van der Waals surface area contributed by atoms with Gasteiger partial charge in [-0.15, -0.1) is 0 Å². The number of unbranched alkanes of at least 4 members (excludes halogenated alkanes) is 1. The van der Waals surface area contributed by atoms with Crippen molar-refractivity contribution < 1.29 is 19.1 Å². The van der Waals surface area contributed by atoms with E-state index < -0.39 is 11.9 Å². The molecule has 126 valence electrons. The van der Waals surface area contributed by atoms with Gasteiger partial charge < -0.3 is 15.0 Å². The first-order chi connectivity index (χ1) is 10.9. The van der Waals surface area contributed by atoms with Gasteiger partial charge in [-0.05, 0) is 24.6 Å². The second-order valence-electron chi connectivity index (χ2n) is 5.08. The molecule has 0 aliphatic rings. The summed E-state index contributed by atoms with van der Waals surface area (Å²) in [6.07, 6.45) is 1.58. The molecule has 0 saturated carbocycles. The normalized spacial score (nSPS) is 10.1. The molecule has 0 unspecified atom stereocenters. The first-order valence-electron chi connectivity index (χ1n) is 7.30. The van der Waals surface area contributed by atoms with Crippen LogP contribution in [0.15, 0.2) is 18.2 Å². The van der Waals surface area contributed by atoms with Crippen molar-refractivity contribution in [2.45, 2.75) is 26.2 Å². The van der Waals surface area contributed by atoms with E-state index in [4.69, 9.17) is 11.6 Å². The number of nitrogens with one attached hydrogen (secondary N) is 1. The molecule has 23 heavy (non-hydrogen) atoms. The van der Waals surface area contributed by atoms with Gasteiger partial charge in [-0.2, -0.15) is 0 Å².